The molecule has 1 aromatic carbocycles. The van der Waals surface area contributed by atoms with E-state index in [0.717, 1.165) is 5.56 Å². The van der Waals surface area contributed by atoms with E-state index < -0.39 is 0 Å². The summed E-state index contributed by atoms with van der Waals surface area (Å²) in [6.45, 7) is 5.51. The minimum Gasteiger partial charge on any atom is -0.508 e. The first-order chi connectivity index (χ1) is 7.97. The van der Waals surface area contributed by atoms with Gasteiger partial charge in [0.25, 0.3) is 5.91 Å². The van der Waals surface area contributed by atoms with Crippen LogP contribution in [0.2, 0.25) is 0 Å². The number of benzene rings is 1. The molecule has 0 bridgehead atoms. The largest absolute Gasteiger partial charge is 0.508 e. The van der Waals surface area contributed by atoms with Crippen LogP contribution in [0.3, 0.4) is 0 Å². The molecule has 4 nitrogen and oxygen atoms in total. The average molecular weight is 232 g/mol. The van der Waals surface area contributed by atoms with E-state index in [0.29, 0.717) is 5.56 Å². The highest BCUT2D eigenvalue weighted by atomic mass is 16.3. The topological polar surface area (TPSA) is 64.3 Å². The molecule has 0 saturated heterocycles. The first kappa shape index (κ1) is 13.0. The number of aromatic hydroxyl groups is 1. The number of rotatable bonds is 3. The molecule has 90 valence electrons. The number of phenols is 1. The molecule has 1 aromatic rings. The van der Waals surface area contributed by atoms with Crippen LogP contribution in [0.1, 0.15) is 29.8 Å². The predicted molar refractivity (Wildman–Crippen MR) is 64.6 cm³/mol. The molecule has 1 amide bonds. The van der Waals surface area contributed by atoms with Crippen molar-refractivity contribution in [1.29, 1.82) is 5.26 Å². The Kier molecular flexibility index (Phi) is 4.11. The molecule has 0 spiro atoms. The molecule has 0 radical (unpaired) electrons. The number of aryl methyl sites for hydroxylation is 1. The maximum Gasteiger partial charge on any atom is 0.255 e. The van der Waals surface area contributed by atoms with Crippen LogP contribution < -0.4 is 0 Å². The average Bonchev–Trinajstić information content (AvgIpc) is 2.28. The predicted octanol–water partition coefficient (Wildman–Crippen LogP) is 2.07. The van der Waals surface area contributed by atoms with E-state index in [2.05, 4.69) is 0 Å². The van der Waals surface area contributed by atoms with E-state index in [1.54, 1.807) is 19.1 Å². The van der Waals surface area contributed by atoms with Gasteiger partial charge in [-0.25, -0.2) is 0 Å². The maximum absolute atomic E-state index is 12.1. The van der Waals surface area contributed by atoms with E-state index in [1.807, 2.05) is 19.9 Å². The van der Waals surface area contributed by atoms with Crippen molar-refractivity contribution in [2.75, 3.05) is 6.54 Å². The smallest absolute Gasteiger partial charge is 0.255 e. The van der Waals surface area contributed by atoms with E-state index in [-0.39, 0.29) is 24.2 Å². The molecule has 17 heavy (non-hydrogen) atoms. The van der Waals surface area contributed by atoms with Crippen molar-refractivity contribution in [2.45, 2.75) is 26.8 Å². The van der Waals surface area contributed by atoms with Gasteiger partial charge in [-0.2, -0.15) is 5.26 Å². The summed E-state index contributed by atoms with van der Waals surface area (Å²) in [7, 11) is 0. The molecular weight excluding hydrogens is 216 g/mol. The van der Waals surface area contributed by atoms with Gasteiger partial charge in [0.1, 0.15) is 12.3 Å². The SMILES string of the molecule is Cc1ccc(C(=O)N(CC#N)C(C)C)cc1O. The van der Waals surface area contributed by atoms with E-state index in [1.165, 1.54) is 11.0 Å². The van der Waals surface area contributed by atoms with Crippen molar-refractivity contribution in [3.05, 3.63) is 29.3 Å². The highest BCUT2D eigenvalue weighted by molar-refractivity contribution is 5.95. The first-order valence-electron chi connectivity index (χ1n) is 5.45. The van der Waals surface area contributed by atoms with Gasteiger partial charge in [0.05, 0.1) is 6.07 Å². The number of hydrogen-bond donors (Lipinski definition) is 1. The van der Waals surface area contributed by atoms with Crippen LogP contribution in [0.5, 0.6) is 5.75 Å². The lowest BCUT2D eigenvalue weighted by molar-refractivity contribution is 0.0731. The fourth-order valence-corrected chi connectivity index (χ4v) is 1.47. The number of nitrogens with zero attached hydrogens (tertiary/aromatic N) is 2. The Hall–Kier alpha value is -2.02. The maximum atomic E-state index is 12.1. The van der Waals surface area contributed by atoms with Gasteiger partial charge in [-0.1, -0.05) is 6.07 Å². The van der Waals surface area contributed by atoms with Gasteiger partial charge in [-0.05, 0) is 38.5 Å². The number of carbonyl (C=O) groups is 1. The van der Waals surface area contributed by atoms with Crippen LogP contribution in [0.4, 0.5) is 0 Å². The van der Waals surface area contributed by atoms with Crippen LogP contribution >= 0.6 is 0 Å². The summed E-state index contributed by atoms with van der Waals surface area (Å²) in [5.74, 6) is -0.145. The van der Waals surface area contributed by atoms with Crippen molar-refractivity contribution < 1.29 is 9.90 Å². The molecule has 0 aromatic heterocycles. The van der Waals surface area contributed by atoms with Crippen molar-refractivity contribution in [2.24, 2.45) is 0 Å². The van der Waals surface area contributed by atoms with Gasteiger partial charge in [0.2, 0.25) is 0 Å². The van der Waals surface area contributed by atoms with Crippen LogP contribution in [0.25, 0.3) is 0 Å². The normalized spacial score (nSPS) is 10.1. The van der Waals surface area contributed by atoms with Gasteiger partial charge < -0.3 is 10.0 Å². The third-order valence-corrected chi connectivity index (χ3v) is 2.58. The number of nitriles is 1. The molecule has 0 saturated carbocycles. The van der Waals surface area contributed by atoms with Gasteiger partial charge in [-0.3, -0.25) is 4.79 Å². The molecular formula is C13H16N2O2. The van der Waals surface area contributed by atoms with Crippen molar-refractivity contribution >= 4 is 5.91 Å². The number of amides is 1. The fourth-order valence-electron chi connectivity index (χ4n) is 1.47. The van der Waals surface area contributed by atoms with Gasteiger partial charge >= 0.3 is 0 Å². The molecule has 0 heterocycles. The Bertz CT molecular complexity index is 461. The minimum atomic E-state index is -0.239. The van der Waals surface area contributed by atoms with E-state index in [9.17, 15) is 9.90 Å². The molecule has 1 N–H and O–H groups in total. The summed E-state index contributed by atoms with van der Waals surface area (Å²) >= 11 is 0. The zero-order chi connectivity index (χ0) is 13.0. The van der Waals surface area contributed by atoms with Crippen LogP contribution in [-0.2, 0) is 0 Å². The zero-order valence-corrected chi connectivity index (χ0v) is 10.3. The summed E-state index contributed by atoms with van der Waals surface area (Å²) in [5.41, 5.74) is 1.12. The highest BCUT2D eigenvalue weighted by Gasteiger charge is 2.18. The minimum absolute atomic E-state index is 0.0468. The molecule has 0 fully saturated rings. The lowest BCUT2D eigenvalue weighted by Crippen LogP contribution is -2.37. The van der Waals surface area contributed by atoms with Gasteiger partial charge in [0, 0.05) is 11.6 Å². The molecule has 0 aliphatic rings. The standard InChI is InChI=1S/C13H16N2O2/c1-9(2)15(7-6-14)13(17)11-5-4-10(3)12(16)8-11/h4-5,8-9,16H,7H2,1-3H3. The molecule has 0 aliphatic carbocycles. The molecule has 4 heteroatoms. The second-order valence-electron chi connectivity index (χ2n) is 4.19. The van der Waals surface area contributed by atoms with Crippen molar-refractivity contribution in [1.82, 2.24) is 4.90 Å². The Morgan fingerprint density at radius 1 is 1.53 bits per heavy atom. The fraction of sp³-hybridized carbons (Fsp3) is 0.385. The summed E-state index contributed by atoms with van der Waals surface area (Å²) in [5, 5.41) is 18.3. The number of hydrogen-bond acceptors (Lipinski definition) is 3. The molecule has 1 rings (SSSR count). The zero-order valence-electron chi connectivity index (χ0n) is 10.3. The third kappa shape index (κ3) is 2.97. The Labute approximate surface area is 101 Å². The quantitative estimate of drug-likeness (QED) is 0.811. The van der Waals surface area contributed by atoms with Crippen LogP contribution in [0, 0.1) is 18.3 Å². The highest BCUT2D eigenvalue weighted by Crippen LogP contribution is 2.19. The third-order valence-electron chi connectivity index (χ3n) is 2.58. The second kappa shape index (κ2) is 5.35. The summed E-state index contributed by atoms with van der Waals surface area (Å²) in [6.07, 6.45) is 0. The summed E-state index contributed by atoms with van der Waals surface area (Å²) < 4.78 is 0. The van der Waals surface area contributed by atoms with Gasteiger partial charge in [-0.15, -0.1) is 0 Å². The lowest BCUT2D eigenvalue weighted by Gasteiger charge is -2.24. The summed E-state index contributed by atoms with van der Waals surface area (Å²) in [4.78, 5) is 13.6. The molecule has 0 unspecified atom stereocenters. The molecule has 0 atom stereocenters. The van der Waals surface area contributed by atoms with Crippen LogP contribution in [-0.4, -0.2) is 28.5 Å². The van der Waals surface area contributed by atoms with E-state index >= 15 is 0 Å². The Balaban J connectivity index is 3.02. The van der Waals surface area contributed by atoms with Gasteiger partial charge in [0.15, 0.2) is 0 Å². The lowest BCUT2D eigenvalue weighted by atomic mass is 10.1. The number of carbonyl (C=O) groups excluding carboxylic acids is 1. The Morgan fingerprint density at radius 3 is 2.65 bits per heavy atom. The second-order valence-corrected chi connectivity index (χ2v) is 4.19. The van der Waals surface area contributed by atoms with Crippen molar-refractivity contribution in [3.8, 4) is 11.8 Å². The molecule has 0 aliphatic heterocycles. The summed E-state index contributed by atoms with van der Waals surface area (Å²) in [6, 6.07) is 6.70. The van der Waals surface area contributed by atoms with Crippen molar-refractivity contribution in [3.63, 3.8) is 0 Å². The van der Waals surface area contributed by atoms with Crippen LogP contribution in [0.15, 0.2) is 18.2 Å². The number of phenolic OH excluding ortho intramolecular Hbond substituents is 1. The monoisotopic (exact) mass is 232 g/mol. The first-order valence-corrected chi connectivity index (χ1v) is 5.45. The van der Waals surface area contributed by atoms with E-state index in [4.69, 9.17) is 5.26 Å². The Morgan fingerprint density at radius 2 is 2.18 bits per heavy atom.